The first-order chi connectivity index (χ1) is 9.23. The lowest BCUT2D eigenvalue weighted by Crippen LogP contribution is -2.24. The van der Waals surface area contributed by atoms with Crippen LogP contribution in [-0.2, 0) is 10.4 Å². The van der Waals surface area contributed by atoms with Crippen LogP contribution in [0.2, 0.25) is 0 Å². The van der Waals surface area contributed by atoms with Gasteiger partial charge in [-0.3, -0.25) is 4.55 Å². The van der Waals surface area contributed by atoms with Crippen molar-refractivity contribution < 1.29 is 17.2 Å². The summed E-state index contributed by atoms with van der Waals surface area (Å²) in [5.74, 6) is 0.874. The summed E-state index contributed by atoms with van der Waals surface area (Å²) < 4.78 is 34.8. The van der Waals surface area contributed by atoms with Crippen molar-refractivity contribution in [1.29, 1.82) is 0 Å². The Morgan fingerprint density at radius 2 is 2.00 bits per heavy atom. The van der Waals surface area contributed by atoms with Gasteiger partial charge in [0, 0.05) is 6.54 Å². The smallest absolute Gasteiger partial charge is 0.362 e. The van der Waals surface area contributed by atoms with Gasteiger partial charge in [-0.05, 0) is 50.0 Å². The van der Waals surface area contributed by atoms with Gasteiger partial charge in [0.25, 0.3) is 0 Å². The third kappa shape index (κ3) is 5.48. The maximum Gasteiger partial charge on any atom is 0.446 e. The molecule has 0 radical (unpaired) electrons. The van der Waals surface area contributed by atoms with Crippen molar-refractivity contribution in [1.82, 2.24) is 4.90 Å². The van der Waals surface area contributed by atoms with E-state index in [4.69, 9.17) is 4.55 Å². The molecule has 1 aromatic rings. The molecule has 0 aliphatic rings. The van der Waals surface area contributed by atoms with Crippen LogP contribution in [0.1, 0.15) is 31.7 Å². The van der Waals surface area contributed by atoms with Crippen LogP contribution in [0.3, 0.4) is 0 Å². The summed E-state index contributed by atoms with van der Waals surface area (Å²) in [7, 11) is -0.416. The molecular formula is C14H23NO4S. The molecule has 0 heterocycles. The quantitative estimate of drug-likeness (QED) is 0.784. The molecule has 1 N–H and O–H groups in total. The van der Waals surface area contributed by atoms with E-state index in [1.807, 2.05) is 20.2 Å². The van der Waals surface area contributed by atoms with E-state index in [2.05, 4.69) is 22.9 Å². The molecule has 114 valence electrons. The van der Waals surface area contributed by atoms with Gasteiger partial charge in [0.05, 0.1) is 0 Å². The van der Waals surface area contributed by atoms with Gasteiger partial charge >= 0.3 is 10.4 Å². The van der Waals surface area contributed by atoms with Gasteiger partial charge in [0.15, 0.2) is 0 Å². The summed E-state index contributed by atoms with van der Waals surface area (Å²) in [4.78, 5) is 2.13. The van der Waals surface area contributed by atoms with Crippen LogP contribution in [0.25, 0.3) is 0 Å². The molecule has 20 heavy (non-hydrogen) atoms. The molecular weight excluding hydrogens is 278 g/mol. The fourth-order valence-electron chi connectivity index (χ4n) is 2.59. The fourth-order valence-corrected chi connectivity index (χ4v) is 2.94. The molecule has 2 unspecified atom stereocenters. The van der Waals surface area contributed by atoms with Crippen LogP contribution in [0.15, 0.2) is 24.3 Å². The van der Waals surface area contributed by atoms with Crippen LogP contribution < -0.4 is 4.18 Å². The molecule has 6 heteroatoms. The second kappa shape index (κ2) is 7.06. The molecule has 5 nitrogen and oxygen atoms in total. The Balaban J connectivity index is 2.96. The van der Waals surface area contributed by atoms with Crippen LogP contribution in [-0.4, -0.2) is 38.5 Å². The molecule has 0 saturated carbocycles. The second-order valence-electron chi connectivity index (χ2n) is 5.34. The third-order valence-electron chi connectivity index (χ3n) is 3.27. The van der Waals surface area contributed by atoms with Gasteiger partial charge in [-0.1, -0.05) is 26.0 Å². The predicted molar refractivity (Wildman–Crippen MR) is 79.4 cm³/mol. The molecule has 0 bridgehead atoms. The molecule has 2 atom stereocenters. The van der Waals surface area contributed by atoms with E-state index >= 15 is 0 Å². The first-order valence-electron chi connectivity index (χ1n) is 6.64. The minimum atomic E-state index is -4.47. The topological polar surface area (TPSA) is 66.8 Å². The standard InChI is InChI=1S/C14H23NO4S/c1-5-14(11(2)10-15(3)4)12-7-6-8-13(9-12)19-20(16,17)18/h6-9,11,14H,5,10H2,1-4H3,(H,16,17,18). The maximum atomic E-state index is 10.8. The van der Waals surface area contributed by atoms with E-state index in [1.165, 1.54) is 6.07 Å². The van der Waals surface area contributed by atoms with Crippen LogP contribution in [0.4, 0.5) is 0 Å². The summed E-state index contributed by atoms with van der Waals surface area (Å²) in [5, 5.41) is 0. The highest BCUT2D eigenvalue weighted by atomic mass is 32.3. The average Bonchev–Trinajstić information content (AvgIpc) is 2.26. The summed E-state index contributed by atoms with van der Waals surface area (Å²) in [6.07, 6.45) is 0.949. The van der Waals surface area contributed by atoms with Crippen molar-refractivity contribution in [2.24, 2.45) is 5.92 Å². The van der Waals surface area contributed by atoms with Crippen LogP contribution in [0, 0.1) is 5.92 Å². The molecule has 0 aliphatic carbocycles. The van der Waals surface area contributed by atoms with Gasteiger partial charge in [-0.2, -0.15) is 8.42 Å². The highest BCUT2D eigenvalue weighted by Gasteiger charge is 2.19. The van der Waals surface area contributed by atoms with E-state index in [-0.39, 0.29) is 5.75 Å². The van der Waals surface area contributed by atoms with Crippen molar-refractivity contribution >= 4 is 10.4 Å². The zero-order chi connectivity index (χ0) is 15.3. The Hall–Kier alpha value is -1.11. The van der Waals surface area contributed by atoms with Crippen LogP contribution in [0.5, 0.6) is 5.75 Å². The molecule has 0 fully saturated rings. The van der Waals surface area contributed by atoms with Crippen molar-refractivity contribution in [3.05, 3.63) is 29.8 Å². The van der Waals surface area contributed by atoms with E-state index in [9.17, 15) is 8.42 Å². The van der Waals surface area contributed by atoms with Gasteiger partial charge in [-0.15, -0.1) is 0 Å². The zero-order valence-corrected chi connectivity index (χ0v) is 13.2. The van der Waals surface area contributed by atoms with E-state index in [0.29, 0.717) is 11.8 Å². The summed E-state index contributed by atoms with van der Waals surface area (Å²) >= 11 is 0. The van der Waals surface area contributed by atoms with Gasteiger partial charge in [0.1, 0.15) is 5.75 Å². The molecule has 0 saturated heterocycles. The summed E-state index contributed by atoms with van der Waals surface area (Å²) in [5.41, 5.74) is 1.02. The first-order valence-corrected chi connectivity index (χ1v) is 8.01. The van der Waals surface area contributed by atoms with Crippen molar-refractivity contribution in [3.63, 3.8) is 0 Å². The molecule has 0 amide bonds. The average molecular weight is 301 g/mol. The largest absolute Gasteiger partial charge is 0.446 e. The Labute approximate surface area is 121 Å². The molecule has 1 aromatic carbocycles. The van der Waals surface area contributed by atoms with E-state index in [1.54, 1.807) is 12.1 Å². The number of nitrogens with zero attached hydrogens (tertiary/aromatic N) is 1. The Morgan fingerprint density at radius 1 is 1.35 bits per heavy atom. The molecule has 0 aliphatic heterocycles. The van der Waals surface area contributed by atoms with Gasteiger partial charge in [-0.25, -0.2) is 0 Å². The van der Waals surface area contributed by atoms with Crippen molar-refractivity contribution in [3.8, 4) is 5.75 Å². The number of benzene rings is 1. The minimum Gasteiger partial charge on any atom is -0.362 e. The Bertz CT molecular complexity index is 528. The number of rotatable bonds is 7. The van der Waals surface area contributed by atoms with Crippen molar-refractivity contribution in [2.75, 3.05) is 20.6 Å². The van der Waals surface area contributed by atoms with Gasteiger partial charge in [0.2, 0.25) is 0 Å². The van der Waals surface area contributed by atoms with Gasteiger partial charge < -0.3 is 9.08 Å². The lowest BCUT2D eigenvalue weighted by molar-refractivity contribution is 0.301. The number of hydrogen-bond donors (Lipinski definition) is 1. The third-order valence-corrected chi connectivity index (χ3v) is 3.67. The molecule has 1 rings (SSSR count). The Morgan fingerprint density at radius 3 is 2.50 bits per heavy atom. The predicted octanol–water partition coefficient (Wildman–Crippen LogP) is 2.56. The maximum absolute atomic E-state index is 10.8. The second-order valence-corrected chi connectivity index (χ2v) is 6.36. The lowest BCUT2D eigenvalue weighted by atomic mass is 9.85. The monoisotopic (exact) mass is 301 g/mol. The zero-order valence-electron chi connectivity index (χ0n) is 12.4. The molecule has 0 spiro atoms. The highest BCUT2D eigenvalue weighted by molar-refractivity contribution is 7.81. The SMILES string of the molecule is CCC(c1cccc(OS(=O)(=O)O)c1)C(C)CN(C)C. The van der Waals surface area contributed by atoms with Crippen molar-refractivity contribution in [2.45, 2.75) is 26.2 Å². The Kier molecular flexibility index (Phi) is 5.98. The number of hydrogen-bond acceptors (Lipinski definition) is 4. The highest BCUT2D eigenvalue weighted by Crippen LogP contribution is 2.30. The first kappa shape index (κ1) is 16.9. The van der Waals surface area contributed by atoms with E-state index < -0.39 is 10.4 Å². The summed E-state index contributed by atoms with van der Waals surface area (Å²) in [6, 6.07) is 6.88. The fraction of sp³-hybridized carbons (Fsp3) is 0.571. The molecule has 0 aromatic heterocycles. The normalized spacial score (nSPS) is 15.1. The van der Waals surface area contributed by atoms with E-state index in [0.717, 1.165) is 18.5 Å². The van der Waals surface area contributed by atoms with Crippen LogP contribution >= 0.6 is 0 Å². The minimum absolute atomic E-state index is 0.139. The lowest BCUT2D eigenvalue weighted by Gasteiger charge is -2.26. The summed E-state index contributed by atoms with van der Waals surface area (Å²) in [6.45, 7) is 5.22.